The summed E-state index contributed by atoms with van der Waals surface area (Å²) >= 11 is 0. The molecule has 1 aromatic carbocycles. The minimum atomic E-state index is -3.41. The molecule has 0 aromatic heterocycles. The largest absolute Gasteiger partial charge is 0.243 e. The van der Waals surface area contributed by atoms with Gasteiger partial charge < -0.3 is 0 Å². The highest BCUT2D eigenvalue weighted by atomic mass is 32.2. The molecule has 0 N–H and O–H groups in total. The zero-order valence-corrected chi connectivity index (χ0v) is 9.78. The quantitative estimate of drug-likeness (QED) is 0.785. The Labute approximate surface area is 96.1 Å². The first-order chi connectivity index (χ1) is 7.60. The predicted molar refractivity (Wildman–Crippen MR) is 60.8 cm³/mol. The molecule has 1 aliphatic rings. The highest BCUT2D eigenvalue weighted by Crippen LogP contribution is 2.21. The van der Waals surface area contributed by atoms with E-state index in [0.29, 0.717) is 13.1 Å². The number of rotatable bonds is 2. The van der Waals surface area contributed by atoms with Gasteiger partial charge in [0.2, 0.25) is 10.0 Å². The van der Waals surface area contributed by atoms with E-state index in [1.165, 1.54) is 22.5 Å². The summed E-state index contributed by atoms with van der Waals surface area (Å²) in [6, 6.07) is 5.83. The first-order valence-electron chi connectivity index (χ1n) is 5.40. The van der Waals surface area contributed by atoms with Crippen molar-refractivity contribution < 1.29 is 8.42 Å². The molecule has 0 amide bonds. The number of hydrogen-bond acceptors (Lipinski definition) is 2. The van der Waals surface area contributed by atoms with Gasteiger partial charge in [0.1, 0.15) is 0 Å². The zero-order valence-electron chi connectivity index (χ0n) is 8.96. The van der Waals surface area contributed by atoms with E-state index in [1.807, 2.05) is 0 Å². The second-order valence-electron chi connectivity index (χ2n) is 3.96. The molecule has 2 radical (unpaired) electrons. The summed E-state index contributed by atoms with van der Waals surface area (Å²) in [6.07, 6.45) is 2.92. The molecule has 1 aliphatic heterocycles. The Hall–Kier alpha value is -1.07. The number of benzene rings is 1. The maximum absolute atomic E-state index is 12.2. The van der Waals surface area contributed by atoms with Gasteiger partial charge in [-0.3, -0.25) is 0 Å². The average molecular weight is 238 g/mol. The minimum absolute atomic E-state index is 0.0157. The summed E-state index contributed by atoms with van der Waals surface area (Å²) in [7, 11) is -3.41. The molecule has 86 valence electrons. The third-order valence-corrected chi connectivity index (χ3v) is 4.67. The van der Waals surface area contributed by atoms with E-state index in [-0.39, 0.29) is 10.6 Å². The fourth-order valence-electron chi connectivity index (χ4n) is 1.90. The van der Waals surface area contributed by atoms with Crippen molar-refractivity contribution in [1.82, 2.24) is 10.0 Å². The van der Waals surface area contributed by atoms with Crippen molar-refractivity contribution >= 4 is 15.7 Å². The molecular weight excluding hydrogens is 224 g/mol. The van der Waals surface area contributed by atoms with Gasteiger partial charge in [0.25, 0.3) is 0 Å². The third kappa shape index (κ3) is 2.20. The summed E-state index contributed by atoms with van der Waals surface area (Å²) < 4.78 is 25.8. The van der Waals surface area contributed by atoms with Crippen molar-refractivity contribution in [1.29, 1.82) is 0 Å². The molecule has 0 spiro atoms. The van der Waals surface area contributed by atoms with E-state index < -0.39 is 10.0 Å². The molecule has 0 atom stereocenters. The van der Waals surface area contributed by atoms with E-state index in [9.17, 15) is 14.2 Å². The fourth-order valence-corrected chi connectivity index (χ4v) is 3.46. The summed E-state index contributed by atoms with van der Waals surface area (Å²) in [5.74, 6) is 0. The second kappa shape index (κ2) is 4.43. The smallest absolute Gasteiger partial charge is 0.207 e. The number of nitrogens with zero attached hydrogens (tertiary/aromatic N) is 2. The van der Waals surface area contributed by atoms with Crippen molar-refractivity contribution in [3.05, 3.63) is 24.3 Å². The van der Waals surface area contributed by atoms with E-state index in [4.69, 9.17) is 0 Å². The molecule has 5 heteroatoms. The van der Waals surface area contributed by atoms with Crippen LogP contribution >= 0.6 is 0 Å². The molecule has 4 nitrogen and oxygen atoms in total. The predicted octanol–water partition coefficient (Wildman–Crippen LogP) is 1.56. The molecule has 1 saturated heterocycles. The van der Waals surface area contributed by atoms with Gasteiger partial charge in [0.15, 0.2) is 0 Å². The minimum Gasteiger partial charge on any atom is -0.207 e. The van der Waals surface area contributed by atoms with E-state index in [1.54, 1.807) is 6.07 Å². The number of sulfonamides is 1. The first-order valence-corrected chi connectivity index (χ1v) is 6.84. The lowest BCUT2D eigenvalue weighted by atomic mass is 10.2. The Morgan fingerprint density at radius 3 is 2.44 bits per heavy atom. The SMILES string of the molecule is [N]c1cccc(S(=O)(=O)N2CCCCC2)c1. The van der Waals surface area contributed by atoms with E-state index >= 15 is 0 Å². The van der Waals surface area contributed by atoms with Crippen LogP contribution in [0.15, 0.2) is 29.2 Å². The molecule has 0 aliphatic carbocycles. The van der Waals surface area contributed by atoms with Crippen molar-refractivity contribution in [2.75, 3.05) is 13.1 Å². The Morgan fingerprint density at radius 2 is 1.81 bits per heavy atom. The zero-order chi connectivity index (χ0) is 11.6. The number of hydrogen-bond donors (Lipinski definition) is 0. The van der Waals surface area contributed by atoms with Gasteiger partial charge in [-0.2, -0.15) is 10.0 Å². The van der Waals surface area contributed by atoms with Gasteiger partial charge in [-0.05, 0) is 31.0 Å². The standard InChI is InChI=1S/C11H14N2O2S/c12-10-5-4-6-11(9-10)16(14,15)13-7-2-1-3-8-13/h4-6,9H,1-3,7-8H2. The van der Waals surface area contributed by atoms with Crippen LogP contribution in [0.4, 0.5) is 5.69 Å². The van der Waals surface area contributed by atoms with Crippen molar-refractivity contribution in [3.8, 4) is 0 Å². The number of piperidine rings is 1. The van der Waals surface area contributed by atoms with Crippen LogP contribution in [0.5, 0.6) is 0 Å². The molecule has 2 rings (SSSR count). The topological polar surface area (TPSA) is 59.7 Å². The van der Waals surface area contributed by atoms with Crippen LogP contribution in [0.25, 0.3) is 0 Å². The molecule has 16 heavy (non-hydrogen) atoms. The van der Waals surface area contributed by atoms with Crippen LogP contribution in [0, 0.1) is 0 Å². The Balaban J connectivity index is 2.30. The molecule has 1 fully saturated rings. The lowest BCUT2D eigenvalue weighted by Gasteiger charge is -2.25. The van der Waals surface area contributed by atoms with E-state index in [2.05, 4.69) is 0 Å². The third-order valence-electron chi connectivity index (χ3n) is 2.77. The Bertz CT molecular complexity index is 465. The van der Waals surface area contributed by atoms with Crippen molar-refractivity contribution in [2.45, 2.75) is 24.2 Å². The van der Waals surface area contributed by atoms with Crippen LogP contribution in [0.2, 0.25) is 0 Å². The molecule has 1 aromatic rings. The highest BCUT2D eigenvalue weighted by Gasteiger charge is 2.25. The Morgan fingerprint density at radius 1 is 1.12 bits per heavy atom. The fraction of sp³-hybridized carbons (Fsp3) is 0.455. The molecule has 1 heterocycles. The monoisotopic (exact) mass is 238 g/mol. The second-order valence-corrected chi connectivity index (χ2v) is 5.90. The van der Waals surface area contributed by atoms with Crippen molar-refractivity contribution in [3.63, 3.8) is 0 Å². The van der Waals surface area contributed by atoms with Gasteiger partial charge in [-0.15, -0.1) is 0 Å². The summed E-state index contributed by atoms with van der Waals surface area (Å²) in [6.45, 7) is 1.16. The molecule has 0 unspecified atom stereocenters. The highest BCUT2D eigenvalue weighted by molar-refractivity contribution is 7.89. The lowest BCUT2D eigenvalue weighted by molar-refractivity contribution is 0.346. The lowest BCUT2D eigenvalue weighted by Crippen LogP contribution is -2.35. The maximum atomic E-state index is 12.2. The summed E-state index contributed by atoms with van der Waals surface area (Å²) in [5.41, 5.74) is 9.28. The van der Waals surface area contributed by atoms with Crippen molar-refractivity contribution in [2.24, 2.45) is 0 Å². The van der Waals surface area contributed by atoms with Gasteiger partial charge in [0, 0.05) is 13.1 Å². The van der Waals surface area contributed by atoms with Gasteiger partial charge in [-0.25, -0.2) is 8.42 Å². The van der Waals surface area contributed by atoms with E-state index in [0.717, 1.165) is 19.3 Å². The van der Waals surface area contributed by atoms with Crippen LogP contribution in [-0.2, 0) is 10.0 Å². The normalized spacial score (nSPS) is 18.5. The maximum Gasteiger partial charge on any atom is 0.243 e. The van der Waals surface area contributed by atoms with Gasteiger partial charge in [0.05, 0.1) is 10.6 Å². The summed E-state index contributed by atoms with van der Waals surface area (Å²) in [4.78, 5) is 0.175. The van der Waals surface area contributed by atoms with Crippen LogP contribution < -0.4 is 5.73 Å². The van der Waals surface area contributed by atoms with Crippen LogP contribution in [-0.4, -0.2) is 25.8 Å². The average Bonchev–Trinajstić information content (AvgIpc) is 2.30. The van der Waals surface area contributed by atoms with Crippen LogP contribution in [0.1, 0.15) is 19.3 Å². The molecular formula is C11H14N2O2S. The van der Waals surface area contributed by atoms with Crippen LogP contribution in [0.3, 0.4) is 0 Å². The first kappa shape index (κ1) is 11.4. The molecule has 0 saturated carbocycles. The van der Waals surface area contributed by atoms with Gasteiger partial charge in [-0.1, -0.05) is 12.5 Å². The Kier molecular flexibility index (Phi) is 3.16. The molecule has 0 bridgehead atoms. The summed E-state index contributed by atoms with van der Waals surface area (Å²) in [5, 5.41) is 0. The van der Waals surface area contributed by atoms with Gasteiger partial charge >= 0.3 is 0 Å².